The highest BCUT2D eigenvalue weighted by molar-refractivity contribution is 5.94. The molecule has 21 heavy (non-hydrogen) atoms. The molecule has 1 aromatic heterocycles. The Labute approximate surface area is 127 Å². The number of carbonyl (C=O) groups excluding carboxylic acids is 1. The molecule has 1 amide bonds. The molecule has 1 fully saturated rings. The van der Waals surface area contributed by atoms with Crippen molar-refractivity contribution in [2.45, 2.75) is 45.4 Å². The molecule has 1 aromatic rings. The van der Waals surface area contributed by atoms with Crippen LogP contribution < -0.4 is 0 Å². The van der Waals surface area contributed by atoms with Crippen LogP contribution in [0.25, 0.3) is 0 Å². The summed E-state index contributed by atoms with van der Waals surface area (Å²) < 4.78 is 5.31. The van der Waals surface area contributed by atoms with Crippen LogP contribution in [0.3, 0.4) is 0 Å². The maximum atomic E-state index is 12.5. The maximum absolute atomic E-state index is 12.5. The second kappa shape index (κ2) is 8.13. The third-order valence-corrected chi connectivity index (χ3v) is 4.02. The molecule has 0 bridgehead atoms. The fourth-order valence-electron chi connectivity index (χ4n) is 2.89. The molecule has 0 atom stereocenters. The van der Waals surface area contributed by atoms with Gasteiger partial charge in [0.15, 0.2) is 0 Å². The molecule has 0 aromatic carbocycles. The normalized spacial score (nSPS) is 15.5. The Hall–Kier alpha value is -1.42. The number of nitrogens with zero attached hydrogens (tertiary/aromatic N) is 2. The molecule has 0 radical (unpaired) electrons. The van der Waals surface area contributed by atoms with Crippen LogP contribution in [0.15, 0.2) is 18.3 Å². The average molecular weight is 290 g/mol. The van der Waals surface area contributed by atoms with Crippen LogP contribution in [0.1, 0.15) is 61.5 Å². The third kappa shape index (κ3) is 4.27. The zero-order valence-electron chi connectivity index (χ0n) is 13.2. The van der Waals surface area contributed by atoms with Gasteiger partial charge in [-0.2, -0.15) is 0 Å². The van der Waals surface area contributed by atoms with Gasteiger partial charge in [-0.1, -0.05) is 26.7 Å². The number of amides is 1. The van der Waals surface area contributed by atoms with Crippen LogP contribution in [0.2, 0.25) is 0 Å². The zero-order chi connectivity index (χ0) is 15.1. The second-order valence-corrected chi connectivity index (χ2v) is 5.65. The molecule has 4 nitrogen and oxygen atoms in total. The molecule has 4 heteroatoms. The minimum Gasteiger partial charge on any atom is -0.378 e. The summed E-state index contributed by atoms with van der Waals surface area (Å²) in [5, 5.41) is 0. The molecule has 0 N–H and O–H groups in total. The van der Waals surface area contributed by atoms with E-state index in [2.05, 4.69) is 18.8 Å². The predicted octanol–water partition coefficient (Wildman–Crippen LogP) is 3.24. The summed E-state index contributed by atoms with van der Waals surface area (Å²) in [5.74, 6) is 0.575. The number of morpholine rings is 1. The standard InChI is InChI=1S/C17H26N2O2/c1-3-5-14(6-4-2)16-13-15(7-8-18-16)17(20)19-9-11-21-12-10-19/h7-8,13-14H,3-6,9-12H2,1-2H3. The molecule has 1 saturated heterocycles. The summed E-state index contributed by atoms with van der Waals surface area (Å²) in [6.07, 6.45) is 6.34. The van der Waals surface area contributed by atoms with Gasteiger partial charge in [0.25, 0.3) is 5.91 Å². The molecule has 2 rings (SSSR count). The quantitative estimate of drug-likeness (QED) is 0.807. The van der Waals surface area contributed by atoms with Crippen molar-refractivity contribution in [2.75, 3.05) is 26.3 Å². The van der Waals surface area contributed by atoms with E-state index in [1.54, 1.807) is 6.20 Å². The van der Waals surface area contributed by atoms with Gasteiger partial charge in [-0.05, 0) is 25.0 Å². The van der Waals surface area contributed by atoms with Gasteiger partial charge in [0.2, 0.25) is 0 Å². The highest BCUT2D eigenvalue weighted by atomic mass is 16.5. The summed E-state index contributed by atoms with van der Waals surface area (Å²) in [5.41, 5.74) is 1.83. The fourth-order valence-corrected chi connectivity index (χ4v) is 2.89. The van der Waals surface area contributed by atoms with E-state index in [0.29, 0.717) is 32.2 Å². The molecule has 116 valence electrons. The number of aromatic nitrogens is 1. The summed E-state index contributed by atoms with van der Waals surface area (Å²) in [4.78, 5) is 18.9. The van der Waals surface area contributed by atoms with Gasteiger partial charge < -0.3 is 9.64 Å². The van der Waals surface area contributed by atoms with Gasteiger partial charge >= 0.3 is 0 Å². The van der Waals surface area contributed by atoms with Crippen molar-refractivity contribution in [2.24, 2.45) is 0 Å². The van der Waals surface area contributed by atoms with Crippen LogP contribution in [-0.2, 0) is 4.74 Å². The fraction of sp³-hybridized carbons (Fsp3) is 0.647. The molecule has 0 aliphatic carbocycles. The molecule has 0 spiro atoms. The van der Waals surface area contributed by atoms with E-state index in [9.17, 15) is 4.79 Å². The lowest BCUT2D eigenvalue weighted by molar-refractivity contribution is 0.0302. The second-order valence-electron chi connectivity index (χ2n) is 5.65. The number of hydrogen-bond donors (Lipinski definition) is 0. The lowest BCUT2D eigenvalue weighted by Gasteiger charge is -2.27. The van der Waals surface area contributed by atoms with Crippen molar-refractivity contribution in [1.82, 2.24) is 9.88 Å². The number of rotatable bonds is 6. The van der Waals surface area contributed by atoms with Crippen LogP contribution in [0.4, 0.5) is 0 Å². The van der Waals surface area contributed by atoms with Crippen molar-refractivity contribution >= 4 is 5.91 Å². The maximum Gasteiger partial charge on any atom is 0.254 e. The Morgan fingerprint density at radius 3 is 2.57 bits per heavy atom. The van der Waals surface area contributed by atoms with Crippen LogP contribution in [0, 0.1) is 0 Å². The van der Waals surface area contributed by atoms with E-state index in [4.69, 9.17) is 4.74 Å². The molecule has 1 aliphatic rings. The molecule has 2 heterocycles. The Morgan fingerprint density at radius 2 is 1.95 bits per heavy atom. The van der Waals surface area contributed by atoms with Gasteiger partial charge in [-0.3, -0.25) is 9.78 Å². The highest BCUT2D eigenvalue weighted by Crippen LogP contribution is 2.25. The average Bonchev–Trinajstić information content (AvgIpc) is 2.55. The number of pyridine rings is 1. The SMILES string of the molecule is CCCC(CCC)c1cc(C(=O)N2CCOCC2)ccn1. The van der Waals surface area contributed by atoms with E-state index < -0.39 is 0 Å². The first-order chi connectivity index (χ1) is 10.3. The van der Waals surface area contributed by atoms with Gasteiger partial charge in [0.05, 0.1) is 13.2 Å². The Balaban J connectivity index is 2.13. The van der Waals surface area contributed by atoms with E-state index in [0.717, 1.165) is 36.9 Å². The third-order valence-electron chi connectivity index (χ3n) is 4.02. The lowest BCUT2D eigenvalue weighted by atomic mass is 9.93. The smallest absolute Gasteiger partial charge is 0.254 e. The predicted molar refractivity (Wildman–Crippen MR) is 83.5 cm³/mol. The first-order valence-electron chi connectivity index (χ1n) is 8.09. The molecule has 0 unspecified atom stereocenters. The van der Waals surface area contributed by atoms with Gasteiger partial charge in [0, 0.05) is 36.5 Å². The first-order valence-corrected chi connectivity index (χ1v) is 8.09. The Morgan fingerprint density at radius 1 is 1.29 bits per heavy atom. The minimum absolute atomic E-state index is 0.105. The number of carbonyl (C=O) groups is 1. The largest absolute Gasteiger partial charge is 0.378 e. The van der Waals surface area contributed by atoms with Gasteiger partial charge in [-0.15, -0.1) is 0 Å². The number of ether oxygens (including phenoxy) is 1. The summed E-state index contributed by atoms with van der Waals surface area (Å²) in [6, 6.07) is 3.82. The monoisotopic (exact) mass is 290 g/mol. The minimum atomic E-state index is 0.105. The van der Waals surface area contributed by atoms with Gasteiger partial charge in [-0.25, -0.2) is 0 Å². The molecule has 1 aliphatic heterocycles. The van der Waals surface area contributed by atoms with Crippen molar-refractivity contribution < 1.29 is 9.53 Å². The van der Waals surface area contributed by atoms with Gasteiger partial charge in [0.1, 0.15) is 0 Å². The van der Waals surface area contributed by atoms with Crippen LogP contribution >= 0.6 is 0 Å². The van der Waals surface area contributed by atoms with E-state index >= 15 is 0 Å². The molecular weight excluding hydrogens is 264 g/mol. The van der Waals surface area contributed by atoms with Crippen molar-refractivity contribution in [3.63, 3.8) is 0 Å². The summed E-state index contributed by atoms with van der Waals surface area (Å²) >= 11 is 0. The number of hydrogen-bond acceptors (Lipinski definition) is 3. The molecule has 0 saturated carbocycles. The Bertz CT molecular complexity index is 450. The van der Waals surface area contributed by atoms with E-state index in [1.165, 1.54) is 0 Å². The summed E-state index contributed by atoms with van der Waals surface area (Å²) in [6.45, 7) is 7.04. The highest BCUT2D eigenvalue weighted by Gasteiger charge is 2.20. The van der Waals surface area contributed by atoms with E-state index in [-0.39, 0.29) is 5.91 Å². The Kier molecular flexibility index (Phi) is 6.18. The summed E-state index contributed by atoms with van der Waals surface area (Å²) in [7, 11) is 0. The van der Waals surface area contributed by atoms with Crippen molar-refractivity contribution in [1.29, 1.82) is 0 Å². The molecular formula is C17H26N2O2. The van der Waals surface area contributed by atoms with Crippen molar-refractivity contribution in [3.8, 4) is 0 Å². The zero-order valence-corrected chi connectivity index (χ0v) is 13.2. The van der Waals surface area contributed by atoms with Crippen LogP contribution in [0.5, 0.6) is 0 Å². The van der Waals surface area contributed by atoms with Crippen molar-refractivity contribution in [3.05, 3.63) is 29.6 Å². The lowest BCUT2D eigenvalue weighted by Crippen LogP contribution is -2.40. The van der Waals surface area contributed by atoms with Crippen LogP contribution in [-0.4, -0.2) is 42.1 Å². The topological polar surface area (TPSA) is 42.4 Å². The first kappa shape index (κ1) is 16.0. The van der Waals surface area contributed by atoms with E-state index in [1.807, 2.05) is 17.0 Å².